The van der Waals surface area contributed by atoms with Crippen molar-refractivity contribution in [2.45, 2.75) is 45.8 Å². The summed E-state index contributed by atoms with van der Waals surface area (Å²) in [4.78, 5) is 15.1. The van der Waals surface area contributed by atoms with Crippen LogP contribution in [-0.2, 0) is 11.3 Å². The minimum atomic E-state index is -0.418. The lowest BCUT2D eigenvalue weighted by Crippen LogP contribution is -2.35. The molecule has 22 heavy (non-hydrogen) atoms. The number of rotatable bonds is 5. The topological polar surface area (TPSA) is 41.6 Å². The fourth-order valence-electron chi connectivity index (χ4n) is 2.52. The summed E-state index contributed by atoms with van der Waals surface area (Å²) in [7, 11) is 0. The van der Waals surface area contributed by atoms with Gasteiger partial charge in [-0.25, -0.2) is 4.79 Å². The number of nitrogens with one attached hydrogen (secondary N) is 1. The van der Waals surface area contributed by atoms with Crippen molar-refractivity contribution in [2.75, 3.05) is 19.6 Å². The molecule has 2 heterocycles. The molecule has 1 saturated heterocycles. The van der Waals surface area contributed by atoms with E-state index in [4.69, 9.17) is 16.3 Å². The Morgan fingerprint density at radius 1 is 1.55 bits per heavy atom. The lowest BCUT2D eigenvalue weighted by atomic mass is 10.1. The average Bonchev–Trinajstić information content (AvgIpc) is 3.02. The van der Waals surface area contributed by atoms with E-state index in [9.17, 15) is 4.79 Å². The summed E-state index contributed by atoms with van der Waals surface area (Å²) in [5.74, 6) is 0.562. The van der Waals surface area contributed by atoms with Crippen LogP contribution in [0.5, 0.6) is 0 Å². The Kier molecular flexibility index (Phi) is 6.12. The molecule has 1 N–H and O–H groups in total. The van der Waals surface area contributed by atoms with Crippen molar-refractivity contribution < 1.29 is 9.53 Å². The number of halogens is 1. The number of hydrogen-bond donors (Lipinski definition) is 1. The molecule has 0 aliphatic carbocycles. The minimum Gasteiger partial charge on any atom is -0.444 e. The molecule has 1 aromatic rings. The van der Waals surface area contributed by atoms with E-state index in [0.717, 1.165) is 44.0 Å². The largest absolute Gasteiger partial charge is 0.444 e. The molecule has 1 atom stereocenters. The molecule has 0 bridgehead atoms. The van der Waals surface area contributed by atoms with Gasteiger partial charge in [0, 0.05) is 29.9 Å². The molecule has 124 valence electrons. The molecule has 0 radical (unpaired) electrons. The number of carbonyl (C=O) groups excluding carboxylic acids is 1. The number of carbonyl (C=O) groups is 1. The lowest BCUT2D eigenvalue weighted by Gasteiger charge is -2.24. The van der Waals surface area contributed by atoms with Crippen molar-refractivity contribution >= 4 is 29.0 Å². The second-order valence-electron chi connectivity index (χ2n) is 6.78. The summed E-state index contributed by atoms with van der Waals surface area (Å²) in [6.45, 7) is 9.14. The van der Waals surface area contributed by atoms with Gasteiger partial charge in [-0.15, -0.1) is 11.3 Å². The molecule has 0 spiro atoms. The summed E-state index contributed by atoms with van der Waals surface area (Å²) in [6.07, 6.45) is 1.96. The third-order valence-electron chi connectivity index (χ3n) is 3.59. The molecule has 1 aliphatic rings. The summed E-state index contributed by atoms with van der Waals surface area (Å²) >= 11 is 7.58. The normalized spacial score (nSPS) is 18.7. The maximum absolute atomic E-state index is 12.0. The maximum atomic E-state index is 12.0. The first-order valence-corrected chi connectivity index (χ1v) is 9.01. The van der Waals surface area contributed by atoms with Crippen LogP contribution < -0.4 is 5.32 Å². The van der Waals surface area contributed by atoms with Crippen molar-refractivity contribution in [2.24, 2.45) is 5.92 Å². The van der Waals surface area contributed by atoms with Crippen LogP contribution in [0.2, 0.25) is 5.02 Å². The monoisotopic (exact) mass is 344 g/mol. The number of thiophene rings is 1. The molecule has 1 unspecified atom stereocenters. The van der Waals surface area contributed by atoms with Crippen LogP contribution in [0.25, 0.3) is 0 Å². The molecule has 1 amide bonds. The van der Waals surface area contributed by atoms with Crippen LogP contribution in [0.1, 0.15) is 38.5 Å². The Morgan fingerprint density at radius 2 is 2.32 bits per heavy atom. The van der Waals surface area contributed by atoms with Gasteiger partial charge in [0.15, 0.2) is 0 Å². The number of amides is 1. The van der Waals surface area contributed by atoms with E-state index in [-0.39, 0.29) is 6.09 Å². The van der Waals surface area contributed by atoms with Gasteiger partial charge < -0.3 is 15.0 Å². The standard InChI is InChI=1S/C16H25ClN2O2S/c1-16(2,3)21-15(20)19-7-5-12(10-19)4-6-18-9-14-8-13(17)11-22-14/h8,11-12,18H,4-7,9-10H2,1-3H3. The highest BCUT2D eigenvalue weighted by Crippen LogP contribution is 2.22. The van der Waals surface area contributed by atoms with Gasteiger partial charge in [0.05, 0.1) is 5.02 Å². The molecule has 0 saturated carbocycles. The summed E-state index contributed by atoms with van der Waals surface area (Å²) in [5.41, 5.74) is -0.418. The van der Waals surface area contributed by atoms with E-state index in [1.165, 1.54) is 4.88 Å². The van der Waals surface area contributed by atoms with Crippen LogP contribution in [0.15, 0.2) is 11.4 Å². The average molecular weight is 345 g/mol. The Balaban J connectivity index is 1.63. The van der Waals surface area contributed by atoms with Gasteiger partial charge in [-0.2, -0.15) is 0 Å². The third kappa shape index (κ3) is 5.78. The van der Waals surface area contributed by atoms with Crippen LogP contribution in [-0.4, -0.2) is 36.2 Å². The number of nitrogens with zero attached hydrogens (tertiary/aromatic N) is 1. The van der Waals surface area contributed by atoms with Crippen LogP contribution in [0.3, 0.4) is 0 Å². The van der Waals surface area contributed by atoms with Crippen LogP contribution >= 0.6 is 22.9 Å². The van der Waals surface area contributed by atoms with E-state index in [1.807, 2.05) is 37.1 Å². The highest BCUT2D eigenvalue weighted by molar-refractivity contribution is 7.10. The van der Waals surface area contributed by atoms with Gasteiger partial charge in [-0.1, -0.05) is 11.6 Å². The first-order valence-electron chi connectivity index (χ1n) is 7.75. The molecule has 0 aromatic carbocycles. The van der Waals surface area contributed by atoms with E-state index in [0.29, 0.717) is 5.92 Å². The maximum Gasteiger partial charge on any atom is 0.410 e. The van der Waals surface area contributed by atoms with Crippen molar-refractivity contribution in [1.82, 2.24) is 10.2 Å². The van der Waals surface area contributed by atoms with Gasteiger partial charge in [-0.3, -0.25) is 0 Å². The summed E-state index contributed by atoms with van der Waals surface area (Å²) in [6, 6.07) is 2.00. The quantitative estimate of drug-likeness (QED) is 0.816. The zero-order valence-corrected chi connectivity index (χ0v) is 15.1. The summed E-state index contributed by atoms with van der Waals surface area (Å²) < 4.78 is 5.42. The predicted molar refractivity (Wildman–Crippen MR) is 91.6 cm³/mol. The van der Waals surface area contributed by atoms with Crippen LogP contribution in [0.4, 0.5) is 4.79 Å². The molecule has 6 heteroatoms. The second-order valence-corrected chi connectivity index (χ2v) is 8.21. The van der Waals surface area contributed by atoms with E-state index >= 15 is 0 Å². The second kappa shape index (κ2) is 7.66. The van der Waals surface area contributed by atoms with Crippen molar-refractivity contribution in [3.05, 3.63) is 21.3 Å². The van der Waals surface area contributed by atoms with Crippen molar-refractivity contribution in [3.63, 3.8) is 0 Å². The lowest BCUT2D eigenvalue weighted by molar-refractivity contribution is 0.0287. The zero-order chi connectivity index (χ0) is 16.2. The van der Waals surface area contributed by atoms with Crippen molar-refractivity contribution in [3.8, 4) is 0 Å². The first-order chi connectivity index (χ1) is 10.3. The SMILES string of the molecule is CC(C)(C)OC(=O)N1CCC(CCNCc2cc(Cl)cs2)C1. The van der Waals surface area contributed by atoms with Gasteiger partial charge in [0.2, 0.25) is 0 Å². The molecule has 4 nitrogen and oxygen atoms in total. The van der Waals surface area contributed by atoms with E-state index < -0.39 is 5.60 Å². The molecule has 1 aliphatic heterocycles. The smallest absolute Gasteiger partial charge is 0.410 e. The Labute approximate surface area is 141 Å². The van der Waals surface area contributed by atoms with E-state index in [1.54, 1.807) is 11.3 Å². The predicted octanol–water partition coefficient (Wildman–Crippen LogP) is 4.14. The minimum absolute atomic E-state index is 0.184. The summed E-state index contributed by atoms with van der Waals surface area (Å²) in [5, 5.41) is 6.20. The fourth-order valence-corrected chi connectivity index (χ4v) is 3.57. The fraction of sp³-hybridized carbons (Fsp3) is 0.688. The molecule has 1 fully saturated rings. The molecule has 1 aromatic heterocycles. The Bertz CT molecular complexity index is 499. The van der Waals surface area contributed by atoms with Crippen LogP contribution in [0, 0.1) is 5.92 Å². The number of likely N-dealkylation sites (tertiary alicyclic amines) is 1. The van der Waals surface area contributed by atoms with Crippen molar-refractivity contribution in [1.29, 1.82) is 0 Å². The molecule has 2 rings (SSSR count). The van der Waals surface area contributed by atoms with E-state index in [2.05, 4.69) is 5.32 Å². The number of hydrogen-bond acceptors (Lipinski definition) is 4. The van der Waals surface area contributed by atoms with Gasteiger partial charge in [0.1, 0.15) is 5.60 Å². The number of ether oxygens (including phenoxy) is 1. The zero-order valence-electron chi connectivity index (χ0n) is 13.5. The Morgan fingerprint density at radius 3 is 2.95 bits per heavy atom. The highest BCUT2D eigenvalue weighted by Gasteiger charge is 2.29. The first kappa shape index (κ1) is 17.6. The van der Waals surface area contributed by atoms with Gasteiger partial charge in [-0.05, 0) is 52.1 Å². The Hall–Kier alpha value is -0.780. The van der Waals surface area contributed by atoms with Gasteiger partial charge >= 0.3 is 6.09 Å². The molecular weight excluding hydrogens is 320 g/mol. The third-order valence-corrected chi connectivity index (χ3v) is 4.87. The molecular formula is C16H25ClN2O2S. The highest BCUT2D eigenvalue weighted by atomic mass is 35.5. The van der Waals surface area contributed by atoms with Gasteiger partial charge in [0.25, 0.3) is 0 Å².